The summed E-state index contributed by atoms with van der Waals surface area (Å²) in [6.07, 6.45) is -0.454. The van der Waals surface area contributed by atoms with Crippen LogP contribution in [0.4, 0.5) is 0 Å². The number of carboxylic acids is 2. The van der Waals surface area contributed by atoms with Crippen LogP contribution in [0, 0.1) is 0 Å². The molecule has 0 bridgehead atoms. The number of nitrogens with one attached hydrogen (secondary N) is 1. The van der Waals surface area contributed by atoms with Crippen LogP contribution in [0.5, 0.6) is 0 Å². The highest BCUT2D eigenvalue weighted by molar-refractivity contribution is 7.89. The van der Waals surface area contributed by atoms with E-state index in [9.17, 15) is 18.0 Å². The van der Waals surface area contributed by atoms with E-state index in [2.05, 4.69) is 0 Å². The quantitative estimate of drug-likeness (QED) is 0.653. The van der Waals surface area contributed by atoms with Gasteiger partial charge in [-0.25, -0.2) is 8.42 Å². The third-order valence-corrected chi connectivity index (χ3v) is 3.52. The predicted octanol–water partition coefficient (Wildman–Crippen LogP) is -0.323. The molecule has 0 spiro atoms. The molecule has 0 unspecified atom stereocenters. The van der Waals surface area contributed by atoms with Crippen molar-refractivity contribution in [2.24, 2.45) is 0 Å². The number of carbonyl (C=O) groups is 2. The Bertz CT molecular complexity index is 565. The Labute approximate surface area is 103 Å². The van der Waals surface area contributed by atoms with Crippen molar-refractivity contribution in [3.05, 3.63) is 29.8 Å². The maximum atomic E-state index is 11.8. The zero-order valence-corrected chi connectivity index (χ0v) is 9.98. The molecule has 0 aliphatic carbocycles. The van der Waals surface area contributed by atoms with Crippen LogP contribution >= 0.6 is 0 Å². The molecule has 1 rings (SSSR count). The normalized spacial score (nSPS) is 11.1. The van der Waals surface area contributed by atoms with Gasteiger partial charge in [-0.3, -0.25) is 9.59 Å². The van der Waals surface area contributed by atoms with Crippen molar-refractivity contribution in [2.75, 3.05) is 6.54 Å². The highest BCUT2D eigenvalue weighted by atomic mass is 32.2. The number of hydrogen-bond donors (Lipinski definition) is 3. The molecule has 0 fully saturated rings. The van der Waals surface area contributed by atoms with Crippen LogP contribution in [0.1, 0.15) is 5.56 Å². The SMILES string of the molecule is O=C(O)CNS(=O)(=O)c1ccccc1CC(=O)O. The lowest BCUT2D eigenvalue weighted by molar-refractivity contribution is -0.137. The molecule has 18 heavy (non-hydrogen) atoms. The molecule has 0 radical (unpaired) electrons. The van der Waals surface area contributed by atoms with Crippen molar-refractivity contribution in [3.8, 4) is 0 Å². The van der Waals surface area contributed by atoms with Gasteiger partial charge in [-0.1, -0.05) is 18.2 Å². The first-order valence-electron chi connectivity index (χ1n) is 4.84. The lowest BCUT2D eigenvalue weighted by atomic mass is 10.1. The van der Waals surface area contributed by atoms with E-state index in [0.717, 1.165) is 0 Å². The van der Waals surface area contributed by atoms with Crippen molar-refractivity contribution < 1.29 is 28.2 Å². The second-order valence-electron chi connectivity index (χ2n) is 3.40. The second kappa shape index (κ2) is 5.61. The molecule has 0 aliphatic heterocycles. The third kappa shape index (κ3) is 3.82. The van der Waals surface area contributed by atoms with Gasteiger partial charge in [-0.05, 0) is 11.6 Å². The summed E-state index contributed by atoms with van der Waals surface area (Å²) in [6.45, 7) is -0.760. The fourth-order valence-corrected chi connectivity index (χ4v) is 2.52. The van der Waals surface area contributed by atoms with E-state index in [0.29, 0.717) is 0 Å². The van der Waals surface area contributed by atoms with Gasteiger partial charge < -0.3 is 10.2 Å². The first kappa shape index (κ1) is 14.1. The van der Waals surface area contributed by atoms with Gasteiger partial charge in [0.2, 0.25) is 10.0 Å². The van der Waals surface area contributed by atoms with E-state index >= 15 is 0 Å². The third-order valence-electron chi connectivity index (χ3n) is 2.02. The van der Waals surface area contributed by atoms with Crippen LogP contribution in [0.15, 0.2) is 29.2 Å². The van der Waals surface area contributed by atoms with Gasteiger partial charge in [0, 0.05) is 0 Å². The van der Waals surface area contributed by atoms with E-state index in [4.69, 9.17) is 10.2 Å². The smallest absolute Gasteiger partial charge is 0.318 e. The maximum absolute atomic E-state index is 11.8. The standard InChI is InChI=1S/C10H11NO6S/c12-9(13)5-7-3-1-2-4-8(7)18(16,17)11-6-10(14)15/h1-4,11H,5-6H2,(H,12,13)(H,14,15). The molecular weight excluding hydrogens is 262 g/mol. The Morgan fingerprint density at radius 3 is 2.28 bits per heavy atom. The summed E-state index contributed by atoms with van der Waals surface area (Å²) < 4.78 is 25.4. The van der Waals surface area contributed by atoms with Gasteiger partial charge in [0.1, 0.15) is 6.54 Å². The lowest BCUT2D eigenvalue weighted by Gasteiger charge is -2.08. The largest absolute Gasteiger partial charge is 0.481 e. The molecule has 0 heterocycles. The molecule has 98 valence electrons. The van der Waals surface area contributed by atoms with E-state index in [1.54, 1.807) is 0 Å². The second-order valence-corrected chi connectivity index (χ2v) is 5.13. The first-order valence-corrected chi connectivity index (χ1v) is 6.32. The fourth-order valence-electron chi connectivity index (χ4n) is 1.31. The fraction of sp³-hybridized carbons (Fsp3) is 0.200. The summed E-state index contributed by atoms with van der Waals surface area (Å²) in [7, 11) is -4.03. The molecular formula is C10H11NO6S. The summed E-state index contributed by atoms with van der Waals surface area (Å²) in [5.74, 6) is -2.50. The molecule has 1 aromatic rings. The summed E-state index contributed by atoms with van der Waals surface area (Å²) in [4.78, 5) is 20.7. The Morgan fingerprint density at radius 2 is 1.72 bits per heavy atom. The zero-order chi connectivity index (χ0) is 13.8. The maximum Gasteiger partial charge on any atom is 0.318 e. The molecule has 0 aliphatic rings. The molecule has 0 saturated heterocycles. The van der Waals surface area contributed by atoms with Gasteiger partial charge in [0.25, 0.3) is 0 Å². The zero-order valence-electron chi connectivity index (χ0n) is 9.16. The number of sulfonamides is 1. The van der Waals surface area contributed by atoms with Crippen molar-refractivity contribution in [3.63, 3.8) is 0 Å². The molecule has 0 saturated carbocycles. The van der Waals surface area contributed by atoms with Crippen LogP contribution in [-0.2, 0) is 26.0 Å². The van der Waals surface area contributed by atoms with Gasteiger partial charge >= 0.3 is 11.9 Å². The van der Waals surface area contributed by atoms with Gasteiger partial charge in [0.05, 0.1) is 11.3 Å². The topological polar surface area (TPSA) is 121 Å². The van der Waals surface area contributed by atoms with Crippen LogP contribution in [0.2, 0.25) is 0 Å². The van der Waals surface area contributed by atoms with Crippen molar-refractivity contribution in [2.45, 2.75) is 11.3 Å². The number of hydrogen-bond acceptors (Lipinski definition) is 4. The minimum atomic E-state index is -4.03. The first-order chi connectivity index (χ1) is 8.33. The Morgan fingerprint density at radius 1 is 1.11 bits per heavy atom. The Kier molecular flexibility index (Phi) is 4.40. The minimum absolute atomic E-state index is 0.0999. The highest BCUT2D eigenvalue weighted by Crippen LogP contribution is 2.15. The number of aliphatic carboxylic acids is 2. The summed E-state index contributed by atoms with van der Waals surface area (Å²) in [5.41, 5.74) is 0.0999. The van der Waals surface area contributed by atoms with Crippen LogP contribution in [0.3, 0.4) is 0 Å². The number of benzene rings is 1. The predicted molar refractivity (Wildman–Crippen MR) is 60.6 cm³/mol. The average Bonchev–Trinajstić information content (AvgIpc) is 2.26. The van der Waals surface area contributed by atoms with Crippen LogP contribution in [-0.4, -0.2) is 37.1 Å². The molecule has 0 aromatic heterocycles. The van der Waals surface area contributed by atoms with E-state index in [1.807, 2.05) is 4.72 Å². The summed E-state index contributed by atoms with van der Waals surface area (Å²) in [5, 5.41) is 17.1. The molecule has 0 amide bonds. The molecule has 8 heteroatoms. The molecule has 0 atom stereocenters. The summed E-state index contributed by atoms with van der Waals surface area (Å²) in [6, 6.07) is 5.53. The monoisotopic (exact) mass is 273 g/mol. The van der Waals surface area contributed by atoms with E-state index < -0.39 is 34.9 Å². The van der Waals surface area contributed by atoms with Gasteiger partial charge in [-0.2, -0.15) is 4.72 Å². The van der Waals surface area contributed by atoms with E-state index in [1.165, 1.54) is 24.3 Å². The van der Waals surface area contributed by atoms with Gasteiger partial charge in [-0.15, -0.1) is 0 Å². The number of carboxylic acid groups (broad SMARTS) is 2. The average molecular weight is 273 g/mol. The minimum Gasteiger partial charge on any atom is -0.481 e. The van der Waals surface area contributed by atoms with E-state index in [-0.39, 0.29) is 10.5 Å². The lowest BCUT2D eigenvalue weighted by Crippen LogP contribution is -2.30. The molecule has 1 aromatic carbocycles. The van der Waals surface area contributed by atoms with Crippen LogP contribution in [0.25, 0.3) is 0 Å². The Balaban J connectivity index is 3.07. The molecule has 7 nitrogen and oxygen atoms in total. The summed E-state index contributed by atoms with van der Waals surface area (Å²) >= 11 is 0. The Hall–Kier alpha value is -1.93. The number of rotatable bonds is 6. The molecule has 3 N–H and O–H groups in total. The highest BCUT2D eigenvalue weighted by Gasteiger charge is 2.19. The van der Waals surface area contributed by atoms with Crippen molar-refractivity contribution >= 4 is 22.0 Å². The van der Waals surface area contributed by atoms with Crippen LogP contribution < -0.4 is 4.72 Å². The van der Waals surface area contributed by atoms with Crippen molar-refractivity contribution in [1.82, 2.24) is 4.72 Å². The van der Waals surface area contributed by atoms with Crippen molar-refractivity contribution in [1.29, 1.82) is 0 Å². The van der Waals surface area contributed by atoms with Gasteiger partial charge in [0.15, 0.2) is 0 Å².